The molecule has 3 atom stereocenters. The molecule has 3 rings (SSSR count). The molecule has 170 valence electrons. The molecule has 7 nitrogen and oxygen atoms in total. The van der Waals surface area contributed by atoms with E-state index in [2.05, 4.69) is 10.6 Å². The van der Waals surface area contributed by atoms with Crippen molar-refractivity contribution in [1.29, 1.82) is 0 Å². The van der Waals surface area contributed by atoms with Crippen molar-refractivity contribution in [3.63, 3.8) is 0 Å². The van der Waals surface area contributed by atoms with E-state index in [1.165, 1.54) is 12.5 Å². The first kappa shape index (κ1) is 23.3. The number of aromatic hydroxyl groups is 1. The minimum atomic E-state index is -0.710. The van der Waals surface area contributed by atoms with Crippen molar-refractivity contribution in [2.75, 3.05) is 13.2 Å². The van der Waals surface area contributed by atoms with Crippen molar-refractivity contribution in [2.24, 2.45) is 11.8 Å². The van der Waals surface area contributed by atoms with Crippen molar-refractivity contribution in [3.8, 4) is 5.75 Å². The number of hydrogen-bond donors (Lipinski definition) is 3. The van der Waals surface area contributed by atoms with E-state index in [0.717, 1.165) is 32.1 Å². The number of benzene rings is 1. The SMILES string of the molecule is CCC1COCC(=O)C1NC(=O)[C@H](CC1CCCCC1)NC(=O)c1ccc(O)c(C)c1. The van der Waals surface area contributed by atoms with E-state index in [1.54, 1.807) is 19.1 Å². The largest absolute Gasteiger partial charge is 0.508 e. The molecule has 0 spiro atoms. The van der Waals surface area contributed by atoms with Crippen LogP contribution >= 0.6 is 0 Å². The van der Waals surface area contributed by atoms with Crippen LogP contribution in [0.1, 0.15) is 67.8 Å². The molecule has 0 bridgehead atoms. The Morgan fingerprint density at radius 2 is 1.97 bits per heavy atom. The van der Waals surface area contributed by atoms with Gasteiger partial charge in [-0.15, -0.1) is 0 Å². The minimum Gasteiger partial charge on any atom is -0.508 e. The summed E-state index contributed by atoms with van der Waals surface area (Å²) in [5, 5.41) is 15.5. The molecule has 1 aliphatic heterocycles. The molecule has 7 heteroatoms. The van der Waals surface area contributed by atoms with Gasteiger partial charge in [0.1, 0.15) is 18.4 Å². The summed E-state index contributed by atoms with van der Waals surface area (Å²) < 4.78 is 5.33. The maximum Gasteiger partial charge on any atom is 0.251 e. The number of ketones is 1. The van der Waals surface area contributed by atoms with Crippen LogP contribution in [-0.2, 0) is 14.3 Å². The molecule has 0 radical (unpaired) electrons. The lowest BCUT2D eigenvalue weighted by Gasteiger charge is -2.32. The van der Waals surface area contributed by atoms with Gasteiger partial charge in [-0.3, -0.25) is 14.4 Å². The number of rotatable bonds is 7. The zero-order valence-electron chi connectivity index (χ0n) is 18.5. The van der Waals surface area contributed by atoms with E-state index < -0.39 is 12.1 Å². The number of nitrogens with one attached hydrogen (secondary N) is 2. The van der Waals surface area contributed by atoms with Gasteiger partial charge in [0.05, 0.1) is 12.6 Å². The number of phenols is 1. The fraction of sp³-hybridized carbons (Fsp3) is 0.625. The van der Waals surface area contributed by atoms with Crippen molar-refractivity contribution in [1.82, 2.24) is 10.6 Å². The molecular formula is C24H34N2O5. The average Bonchev–Trinajstić information content (AvgIpc) is 2.77. The van der Waals surface area contributed by atoms with Crippen molar-refractivity contribution < 1.29 is 24.2 Å². The van der Waals surface area contributed by atoms with E-state index >= 15 is 0 Å². The lowest BCUT2D eigenvalue weighted by Crippen LogP contribution is -2.57. The molecular weight excluding hydrogens is 396 g/mol. The van der Waals surface area contributed by atoms with Crippen molar-refractivity contribution in [3.05, 3.63) is 29.3 Å². The van der Waals surface area contributed by atoms with Crippen LogP contribution in [-0.4, -0.2) is 48.0 Å². The maximum atomic E-state index is 13.2. The zero-order valence-corrected chi connectivity index (χ0v) is 18.5. The van der Waals surface area contributed by atoms with E-state index in [4.69, 9.17) is 4.74 Å². The van der Waals surface area contributed by atoms with Crippen molar-refractivity contribution >= 4 is 17.6 Å². The van der Waals surface area contributed by atoms with Gasteiger partial charge in [0.25, 0.3) is 5.91 Å². The lowest BCUT2D eigenvalue weighted by molar-refractivity contribution is -0.138. The highest BCUT2D eigenvalue weighted by molar-refractivity contribution is 5.99. The summed E-state index contributed by atoms with van der Waals surface area (Å²) in [6, 6.07) is 3.34. The molecule has 2 amide bonds. The Hall–Kier alpha value is -2.41. The van der Waals surface area contributed by atoms with Crippen LogP contribution in [0.5, 0.6) is 5.75 Å². The standard InChI is InChI=1S/C24H34N2O5/c1-3-17-13-31-14-21(28)22(17)26-24(30)19(12-16-7-5-4-6-8-16)25-23(29)18-9-10-20(27)15(2)11-18/h9-11,16-17,19,22,27H,3-8,12-14H2,1-2H3,(H,25,29)(H,26,30)/t17?,19-,22?/m0/s1. The summed E-state index contributed by atoms with van der Waals surface area (Å²) in [5.41, 5.74) is 0.991. The Labute approximate surface area is 183 Å². The summed E-state index contributed by atoms with van der Waals surface area (Å²) in [7, 11) is 0. The third kappa shape index (κ3) is 6.06. The van der Waals surface area contributed by atoms with Gasteiger partial charge in [-0.25, -0.2) is 0 Å². The van der Waals surface area contributed by atoms with Crippen LogP contribution in [0.4, 0.5) is 0 Å². The fourth-order valence-electron chi connectivity index (χ4n) is 4.59. The second-order valence-electron chi connectivity index (χ2n) is 8.90. The van der Waals surface area contributed by atoms with Gasteiger partial charge in [-0.1, -0.05) is 39.0 Å². The van der Waals surface area contributed by atoms with Gasteiger partial charge in [-0.05, 0) is 49.4 Å². The van der Waals surface area contributed by atoms with Gasteiger partial charge < -0.3 is 20.5 Å². The topological polar surface area (TPSA) is 105 Å². The van der Waals surface area contributed by atoms with Gasteiger partial charge in [0.15, 0.2) is 5.78 Å². The number of hydrogen-bond acceptors (Lipinski definition) is 5. The lowest BCUT2D eigenvalue weighted by atomic mass is 9.84. The third-order valence-electron chi connectivity index (χ3n) is 6.59. The number of Topliss-reactive ketones (excluding diaryl/α,β-unsaturated/α-hetero) is 1. The van der Waals surface area contributed by atoms with Crippen LogP contribution in [0.15, 0.2) is 18.2 Å². The van der Waals surface area contributed by atoms with E-state index in [0.29, 0.717) is 30.1 Å². The molecule has 1 aromatic carbocycles. The zero-order chi connectivity index (χ0) is 22.4. The molecule has 0 aromatic heterocycles. The number of aryl methyl sites for hydroxylation is 1. The van der Waals surface area contributed by atoms with Crippen LogP contribution < -0.4 is 10.6 Å². The molecule has 3 N–H and O–H groups in total. The first-order chi connectivity index (χ1) is 14.9. The van der Waals surface area contributed by atoms with Crippen LogP contribution in [0, 0.1) is 18.8 Å². The first-order valence-corrected chi connectivity index (χ1v) is 11.4. The molecule has 1 heterocycles. The highest BCUT2D eigenvalue weighted by atomic mass is 16.5. The van der Waals surface area contributed by atoms with Gasteiger partial charge in [0, 0.05) is 11.5 Å². The van der Waals surface area contributed by atoms with Crippen LogP contribution in [0.3, 0.4) is 0 Å². The molecule has 1 saturated heterocycles. The van der Waals surface area contributed by atoms with Crippen LogP contribution in [0.2, 0.25) is 0 Å². The Bertz CT molecular complexity index is 803. The first-order valence-electron chi connectivity index (χ1n) is 11.4. The van der Waals surface area contributed by atoms with E-state index in [1.807, 2.05) is 6.92 Å². The summed E-state index contributed by atoms with van der Waals surface area (Å²) >= 11 is 0. The number of phenolic OH excluding ortho intramolecular Hbond substituents is 1. The normalized spacial score (nSPS) is 23.2. The van der Waals surface area contributed by atoms with E-state index in [-0.39, 0.29) is 35.9 Å². The Morgan fingerprint density at radius 1 is 1.23 bits per heavy atom. The second-order valence-corrected chi connectivity index (χ2v) is 8.90. The molecule has 1 aliphatic carbocycles. The summed E-state index contributed by atoms with van der Waals surface area (Å²) in [6.45, 7) is 4.15. The summed E-state index contributed by atoms with van der Waals surface area (Å²) in [4.78, 5) is 38.5. The molecule has 1 saturated carbocycles. The Kier molecular flexibility index (Phi) is 8.07. The molecule has 1 aromatic rings. The van der Waals surface area contributed by atoms with Crippen LogP contribution in [0.25, 0.3) is 0 Å². The average molecular weight is 431 g/mol. The number of carbonyl (C=O) groups is 3. The van der Waals surface area contributed by atoms with Gasteiger partial charge >= 0.3 is 0 Å². The molecule has 31 heavy (non-hydrogen) atoms. The van der Waals surface area contributed by atoms with E-state index in [9.17, 15) is 19.5 Å². The highest BCUT2D eigenvalue weighted by Gasteiger charge is 2.35. The van der Waals surface area contributed by atoms with Gasteiger partial charge in [0.2, 0.25) is 5.91 Å². The minimum absolute atomic E-state index is 0.00782. The predicted octanol–water partition coefficient (Wildman–Crippen LogP) is 2.88. The summed E-state index contributed by atoms with van der Waals surface area (Å²) in [5.74, 6) is -0.354. The molecule has 2 fully saturated rings. The third-order valence-corrected chi connectivity index (χ3v) is 6.59. The number of ether oxygens (including phenoxy) is 1. The highest BCUT2D eigenvalue weighted by Crippen LogP contribution is 2.28. The Morgan fingerprint density at radius 3 is 2.65 bits per heavy atom. The molecule has 2 aliphatic rings. The maximum absolute atomic E-state index is 13.2. The molecule has 2 unspecified atom stereocenters. The fourth-order valence-corrected chi connectivity index (χ4v) is 4.59. The smallest absolute Gasteiger partial charge is 0.251 e. The predicted molar refractivity (Wildman–Crippen MR) is 117 cm³/mol. The number of amides is 2. The Balaban J connectivity index is 1.74. The van der Waals surface area contributed by atoms with Gasteiger partial charge in [-0.2, -0.15) is 0 Å². The number of carbonyl (C=O) groups excluding carboxylic acids is 3. The second kappa shape index (κ2) is 10.8. The summed E-state index contributed by atoms with van der Waals surface area (Å²) in [6.07, 6.45) is 6.87. The quantitative estimate of drug-likeness (QED) is 0.617. The van der Waals surface area contributed by atoms with Crippen molar-refractivity contribution in [2.45, 2.75) is 70.9 Å². The monoisotopic (exact) mass is 430 g/mol.